The van der Waals surface area contributed by atoms with Gasteiger partial charge in [-0.25, -0.2) is 0 Å². The van der Waals surface area contributed by atoms with Crippen LogP contribution in [0.3, 0.4) is 0 Å². The number of amides is 1. The van der Waals surface area contributed by atoms with Gasteiger partial charge in [-0.2, -0.15) is 5.10 Å². The summed E-state index contributed by atoms with van der Waals surface area (Å²) in [5.41, 5.74) is 1.56. The summed E-state index contributed by atoms with van der Waals surface area (Å²) in [5.74, 6) is 12.3. The van der Waals surface area contributed by atoms with E-state index >= 15 is 0 Å². The molecular formula is C24H34N4O4. The Bertz CT molecular complexity index is 920. The van der Waals surface area contributed by atoms with Gasteiger partial charge in [0.1, 0.15) is 5.75 Å². The summed E-state index contributed by atoms with van der Waals surface area (Å²) in [7, 11) is 1.57. The van der Waals surface area contributed by atoms with Gasteiger partial charge in [-0.1, -0.05) is 25.7 Å². The number of nitrogens with zero attached hydrogens (tertiary/aromatic N) is 2. The molecule has 1 saturated heterocycles. The molecule has 2 aliphatic carbocycles. The molecular weight excluding hydrogens is 408 g/mol. The number of hydrogen-bond acceptors (Lipinski definition) is 7. The van der Waals surface area contributed by atoms with Crippen molar-refractivity contribution in [3.63, 3.8) is 0 Å². The van der Waals surface area contributed by atoms with Crippen molar-refractivity contribution in [3.05, 3.63) is 23.8 Å². The predicted molar refractivity (Wildman–Crippen MR) is 127 cm³/mol. The van der Waals surface area contributed by atoms with Gasteiger partial charge in [-0.15, -0.1) is 0 Å². The second-order valence-electron chi connectivity index (χ2n) is 8.01. The lowest BCUT2D eigenvalue weighted by Gasteiger charge is -2.28. The van der Waals surface area contributed by atoms with E-state index in [-0.39, 0.29) is 19.1 Å². The minimum absolute atomic E-state index is 0. The van der Waals surface area contributed by atoms with Gasteiger partial charge in [0.15, 0.2) is 12.0 Å². The van der Waals surface area contributed by atoms with Crippen LogP contribution in [-0.4, -0.2) is 51.0 Å². The zero-order valence-electron chi connectivity index (χ0n) is 19.0. The largest absolute Gasteiger partial charge is 0.497 e. The van der Waals surface area contributed by atoms with Gasteiger partial charge in [0.25, 0.3) is 5.91 Å². The van der Waals surface area contributed by atoms with Crippen LogP contribution >= 0.6 is 0 Å². The Morgan fingerprint density at radius 3 is 2.62 bits per heavy atom. The molecule has 8 nitrogen and oxygen atoms in total. The first kappa shape index (κ1) is 23.8. The van der Waals surface area contributed by atoms with Crippen molar-refractivity contribution in [1.82, 2.24) is 0 Å². The summed E-state index contributed by atoms with van der Waals surface area (Å²) in [5, 5.41) is 6.31. The quantitative estimate of drug-likeness (QED) is 0.304. The van der Waals surface area contributed by atoms with Crippen molar-refractivity contribution in [2.45, 2.75) is 45.8 Å². The summed E-state index contributed by atoms with van der Waals surface area (Å²) in [6, 6.07) is 5.34. The molecule has 1 heterocycles. The van der Waals surface area contributed by atoms with Gasteiger partial charge in [0.05, 0.1) is 33.1 Å². The van der Waals surface area contributed by atoms with Gasteiger partial charge in [0, 0.05) is 30.1 Å². The third kappa shape index (κ3) is 6.81. The van der Waals surface area contributed by atoms with Gasteiger partial charge < -0.3 is 25.4 Å². The SMILES string of the molecule is CC.COc1cc(C#CC2CC2)cc(NC(=O)/C(C=NCC2OCC3(CC3)CO2)=N/N)c1.[HH]. The minimum Gasteiger partial charge on any atom is -0.497 e. The van der Waals surface area contributed by atoms with E-state index in [9.17, 15) is 4.79 Å². The molecule has 0 unspecified atom stereocenters. The number of carbonyl (C=O) groups excluding carboxylic acids is 1. The highest BCUT2D eigenvalue weighted by Crippen LogP contribution is 2.48. The maximum Gasteiger partial charge on any atom is 0.277 e. The van der Waals surface area contributed by atoms with Crippen molar-refractivity contribution in [1.29, 1.82) is 0 Å². The van der Waals surface area contributed by atoms with Crippen LogP contribution in [0.1, 0.15) is 46.5 Å². The molecule has 1 amide bonds. The lowest BCUT2D eigenvalue weighted by molar-refractivity contribution is -0.201. The van der Waals surface area contributed by atoms with Crippen LogP contribution in [0.25, 0.3) is 0 Å². The van der Waals surface area contributed by atoms with Crippen molar-refractivity contribution in [2.24, 2.45) is 27.3 Å². The maximum absolute atomic E-state index is 12.6. The van der Waals surface area contributed by atoms with Crippen LogP contribution < -0.4 is 15.9 Å². The van der Waals surface area contributed by atoms with E-state index < -0.39 is 12.2 Å². The second-order valence-corrected chi connectivity index (χ2v) is 8.01. The molecule has 0 radical (unpaired) electrons. The molecule has 3 aliphatic rings. The van der Waals surface area contributed by atoms with Crippen molar-refractivity contribution >= 4 is 23.5 Å². The number of carbonyl (C=O) groups is 1. The van der Waals surface area contributed by atoms with Crippen LogP contribution in [-0.2, 0) is 14.3 Å². The standard InChI is InChI=1S/C22H26N4O4.C2H6.H2/c1-28-18-9-16(5-4-15-2-3-15)8-17(10-18)25-21(27)19(26-23)11-24-12-20-29-13-22(6-7-22)14-30-20;1-2;/h8-11,15,20H,2-3,6-7,12-14,23H2,1H3,(H,25,27);1-2H3;1H/b24-11?,26-19+;;. The van der Waals surface area contributed by atoms with E-state index in [0.29, 0.717) is 30.6 Å². The fraction of sp³-hybridized carbons (Fsp3) is 0.542. The molecule has 3 fully saturated rings. The van der Waals surface area contributed by atoms with Crippen LogP contribution in [0.2, 0.25) is 0 Å². The average Bonchev–Trinajstić information content (AvgIpc) is 3.75. The van der Waals surface area contributed by atoms with E-state index in [1.807, 2.05) is 19.9 Å². The summed E-state index contributed by atoms with van der Waals surface area (Å²) in [6.07, 6.45) is 5.54. The molecule has 4 rings (SSSR count). The monoisotopic (exact) mass is 442 g/mol. The maximum atomic E-state index is 12.6. The number of anilines is 1. The number of aliphatic imine (C=N–C) groups is 1. The Kier molecular flexibility index (Phi) is 8.26. The summed E-state index contributed by atoms with van der Waals surface area (Å²) in [6.45, 7) is 5.68. The highest BCUT2D eigenvalue weighted by Gasteiger charge is 2.46. The number of nitrogens with two attached hydrogens (primary N) is 1. The number of methoxy groups -OCH3 is 1. The third-order valence-corrected chi connectivity index (χ3v) is 5.35. The first-order chi connectivity index (χ1) is 15.6. The van der Waals surface area contributed by atoms with E-state index in [1.54, 1.807) is 19.2 Å². The Balaban J connectivity index is 0.00000125. The van der Waals surface area contributed by atoms with Crippen LogP contribution in [0, 0.1) is 23.2 Å². The molecule has 1 aromatic rings. The van der Waals surface area contributed by atoms with E-state index in [1.165, 1.54) is 6.21 Å². The molecule has 3 N–H and O–H groups in total. The highest BCUT2D eigenvalue weighted by atomic mass is 16.7. The number of nitrogens with one attached hydrogen (secondary N) is 1. The Morgan fingerprint density at radius 2 is 2.03 bits per heavy atom. The molecule has 2 saturated carbocycles. The molecule has 1 aromatic carbocycles. The Hall–Kier alpha value is -2.89. The number of benzene rings is 1. The summed E-state index contributed by atoms with van der Waals surface area (Å²) < 4.78 is 16.7. The smallest absolute Gasteiger partial charge is 0.277 e. The fourth-order valence-corrected chi connectivity index (χ4v) is 3.05. The van der Waals surface area contributed by atoms with E-state index in [2.05, 4.69) is 27.3 Å². The van der Waals surface area contributed by atoms with Crippen LogP contribution in [0.4, 0.5) is 5.69 Å². The number of hydrogen-bond donors (Lipinski definition) is 2. The molecule has 1 aliphatic heterocycles. The highest BCUT2D eigenvalue weighted by molar-refractivity contribution is 6.63. The predicted octanol–water partition coefficient (Wildman–Crippen LogP) is 3.21. The van der Waals surface area contributed by atoms with E-state index in [0.717, 1.165) is 31.2 Å². The molecule has 8 heteroatoms. The fourth-order valence-electron chi connectivity index (χ4n) is 3.05. The van der Waals surface area contributed by atoms with Crippen molar-refractivity contribution in [3.8, 4) is 17.6 Å². The topological polar surface area (TPSA) is 108 Å². The first-order valence-corrected chi connectivity index (χ1v) is 11.1. The number of rotatable bonds is 6. The molecule has 0 bridgehead atoms. The molecule has 0 aromatic heterocycles. The number of hydrazone groups is 1. The van der Waals surface area contributed by atoms with E-state index in [4.69, 9.17) is 20.1 Å². The Morgan fingerprint density at radius 1 is 1.31 bits per heavy atom. The van der Waals surface area contributed by atoms with Gasteiger partial charge >= 0.3 is 0 Å². The normalized spacial score (nSPS) is 19.5. The first-order valence-electron chi connectivity index (χ1n) is 11.1. The summed E-state index contributed by atoms with van der Waals surface area (Å²) in [4.78, 5) is 16.8. The van der Waals surface area contributed by atoms with Crippen molar-refractivity contribution in [2.75, 3.05) is 32.2 Å². The van der Waals surface area contributed by atoms with Gasteiger partial charge in [-0.3, -0.25) is 9.79 Å². The molecule has 0 atom stereocenters. The lowest BCUT2D eigenvalue weighted by Crippen LogP contribution is -2.35. The minimum atomic E-state index is -0.474. The zero-order chi connectivity index (χ0) is 23.0. The van der Waals surface area contributed by atoms with Gasteiger partial charge in [-0.05, 0) is 37.8 Å². The second kappa shape index (κ2) is 11.1. The van der Waals surface area contributed by atoms with Gasteiger partial charge in [0.2, 0.25) is 0 Å². The average molecular weight is 443 g/mol. The van der Waals surface area contributed by atoms with Crippen LogP contribution in [0.15, 0.2) is 28.3 Å². The summed E-state index contributed by atoms with van der Waals surface area (Å²) >= 11 is 0. The lowest BCUT2D eigenvalue weighted by atomic mass is 10.1. The zero-order valence-corrected chi connectivity index (χ0v) is 19.0. The number of ether oxygens (including phenoxy) is 3. The van der Waals surface area contributed by atoms with Crippen LogP contribution in [0.5, 0.6) is 5.75 Å². The third-order valence-electron chi connectivity index (χ3n) is 5.35. The Labute approximate surface area is 191 Å². The molecule has 174 valence electrons. The van der Waals surface area contributed by atoms with Crippen molar-refractivity contribution < 1.29 is 20.4 Å². The molecule has 1 spiro atoms. The molecule has 32 heavy (non-hydrogen) atoms.